The molecule has 1 saturated heterocycles. The highest BCUT2D eigenvalue weighted by molar-refractivity contribution is 6.31. The number of hydrogen-bond donors (Lipinski definition) is 3. The molecular formula is C28H35ClO4. The first kappa shape index (κ1) is 23.3. The summed E-state index contributed by atoms with van der Waals surface area (Å²) in [7, 11) is 0. The zero-order chi connectivity index (χ0) is 23.0. The quantitative estimate of drug-likeness (QED) is 0.554. The average Bonchev–Trinajstić information content (AvgIpc) is 3.47. The van der Waals surface area contributed by atoms with Crippen LogP contribution in [0.5, 0.6) is 0 Å². The maximum atomic E-state index is 10.2. The van der Waals surface area contributed by atoms with E-state index in [2.05, 4.69) is 24.3 Å². The van der Waals surface area contributed by atoms with Gasteiger partial charge in [0.05, 0.1) is 18.8 Å². The van der Waals surface area contributed by atoms with Gasteiger partial charge in [-0.05, 0) is 78.2 Å². The molecule has 0 amide bonds. The first-order chi connectivity index (χ1) is 16.0. The van der Waals surface area contributed by atoms with E-state index in [9.17, 15) is 15.3 Å². The van der Waals surface area contributed by atoms with Crippen molar-refractivity contribution in [3.8, 4) is 0 Å². The summed E-state index contributed by atoms with van der Waals surface area (Å²) >= 11 is 6.53. The van der Waals surface area contributed by atoms with E-state index in [1.165, 1.54) is 56.1 Å². The molecule has 3 N–H and O–H groups in total. The van der Waals surface area contributed by atoms with E-state index >= 15 is 0 Å². The fourth-order valence-corrected chi connectivity index (χ4v) is 6.63. The number of ether oxygens (including phenoxy) is 1. The number of aliphatic hydroxyl groups is 3. The summed E-state index contributed by atoms with van der Waals surface area (Å²) in [5.74, 6) is 0.703. The second-order valence-corrected chi connectivity index (χ2v) is 11.0. The van der Waals surface area contributed by atoms with Crippen molar-refractivity contribution in [3.63, 3.8) is 0 Å². The van der Waals surface area contributed by atoms with Crippen LogP contribution in [0.3, 0.4) is 0 Å². The molecule has 5 rings (SSSR count). The zero-order valence-electron chi connectivity index (χ0n) is 19.1. The Kier molecular flexibility index (Phi) is 6.83. The van der Waals surface area contributed by atoms with Gasteiger partial charge in [0.2, 0.25) is 0 Å². The molecule has 4 nitrogen and oxygen atoms in total. The Morgan fingerprint density at radius 3 is 2.42 bits per heavy atom. The highest BCUT2D eigenvalue weighted by Crippen LogP contribution is 2.55. The van der Waals surface area contributed by atoms with Crippen LogP contribution in [-0.2, 0) is 11.2 Å². The smallest absolute Gasteiger partial charge is 0.110 e. The van der Waals surface area contributed by atoms with Gasteiger partial charge in [-0.1, -0.05) is 60.8 Å². The fourth-order valence-electron chi connectivity index (χ4n) is 6.45. The lowest BCUT2D eigenvalue weighted by atomic mass is 9.82. The van der Waals surface area contributed by atoms with Gasteiger partial charge in [-0.25, -0.2) is 0 Å². The normalized spacial score (nSPS) is 31.3. The van der Waals surface area contributed by atoms with Gasteiger partial charge in [-0.15, -0.1) is 0 Å². The zero-order valence-corrected chi connectivity index (χ0v) is 19.9. The third-order valence-electron chi connectivity index (χ3n) is 8.40. The van der Waals surface area contributed by atoms with E-state index in [1.54, 1.807) is 0 Å². The highest BCUT2D eigenvalue weighted by Gasteiger charge is 2.41. The Balaban J connectivity index is 1.28. The van der Waals surface area contributed by atoms with Gasteiger partial charge < -0.3 is 20.1 Å². The molecule has 5 atom stereocenters. The second-order valence-electron chi connectivity index (χ2n) is 10.6. The van der Waals surface area contributed by atoms with Gasteiger partial charge in [0.15, 0.2) is 0 Å². The summed E-state index contributed by atoms with van der Waals surface area (Å²) in [5.41, 5.74) is 5.25. The van der Waals surface area contributed by atoms with Gasteiger partial charge >= 0.3 is 0 Å². The summed E-state index contributed by atoms with van der Waals surface area (Å²) in [6.45, 7) is -0.330. The van der Waals surface area contributed by atoms with E-state index in [0.29, 0.717) is 16.4 Å². The third-order valence-corrected chi connectivity index (χ3v) is 8.77. The number of benzene rings is 2. The number of rotatable bonds is 5. The molecule has 1 heterocycles. The monoisotopic (exact) mass is 470 g/mol. The molecule has 2 aliphatic carbocycles. The van der Waals surface area contributed by atoms with Crippen molar-refractivity contribution < 1.29 is 20.1 Å². The Bertz CT molecular complexity index is 953. The van der Waals surface area contributed by atoms with Crippen LogP contribution in [0.4, 0.5) is 0 Å². The first-order valence-electron chi connectivity index (χ1n) is 12.5. The largest absolute Gasteiger partial charge is 0.394 e. The summed E-state index contributed by atoms with van der Waals surface area (Å²) in [6.07, 6.45) is 7.61. The van der Waals surface area contributed by atoms with Crippen molar-refractivity contribution in [2.45, 2.75) is 88.1 Å². The van der Waals surface area contributed by atoms with E-state index in [-0.39, 0.29) is 19.1 Å². The maximum Gasteiger partial charge on any atom is 0.110 e. The predicted molar refractivity (Wildman–Crippen MR) is 130 cm³/mol. The maximum absolute atomic E-state index is 10.2. The van der Waals surface area contributed by atoms with Crippen molar-refractivity contribution in [3.05, 3.63) is 69.7 Å². The summed E-state index contributed by atoms with van der Waals surface area (Å²) in [6, 6.07) is 14.9. The van der Waals surface area contributed by atoms with Crippen LogP contribution in [0, 0.1) is 5.41 Å². The van der Waals surface area contributed by atoms with Crippen LogP contribution in [-0.4, -0.2) is 40.2 Å². The molecule has 2 aromatic carbocycles. The topological polar surface area (TPSA) is 69.9 Å². The Morgan fingerprint density at radius 2 is 1.70 bits per heavy atom. The molecule has 2 saturated carbocycles. The summed E-state index contributed by atoms with van der Waals surface area (Å²) in [5, 5.41) is 30.4. The standard InChI is InChI=1S/C28H35ClO4/c29-23-8-7-20(25-15-24(31)27(32)26(17-30)33-25)14-22(23)13-18-3-5-19(6-4-18)21-9-12-28(16-21)10-1-2-11-28/h3-8,14,21,24-27,30-32H,1-2,9-13,15-17H2/t21?,24-,25+,26-,27+/m1/s1. The van der Waals surface area contributed by atoms with Crippen molar-refractivity contribution in [1.29, 1.82) is 0 Å². The molecule has 3 aliphatic rings. The van der Waals surface area contributed by atoms with Crippen LogP contribution in [0.15, 0.2) is 42.5 Å². The summed E-state index contributed by atoms with van der Waals surface area (Å²) < 4.78 is 5.86. The first-order valence-corrected chi connectivity index (χ1v) is 12.8. The number of halogens is 1. The lowest BCUT2D eigenvalue weighted by molar-refractivity contribution is -0.181. The molecule has 3 fully saturated rings. The van der Waals surface area contributed by atoms with Crippen LogP contribution in [0.1, 0.15) is 85.6 Å². The van der Waals surface area contributed by atoms with Crippen molar-refractivity contribution in [1.82, 2.24) is 0 Å². The predicted octanol–water partition coefficient (Wildman–Crippen LogP) is 5.30. The number of aliphatic hydroxyl groups excluding tert-OH is 3. The third kappa shape index (κ3) is 4.87. The molecule has 0 bridgehead atoms. The average molecular weight is 471 g/mol. The van der Waals surface area contributed by atoms with Gasteiger partial charge in [0.1, 0.15) is 12.2 Å². The van der Waals surface area contributed by atoms with Crippen LogP contribution < -0.4 is 0 Å². The van der Waals surface area contributed by atoms with Gasteiger partial charge in [0, 0.05) is 11.4 Å². The SMILES string of the molecule is OC[C@H]1O[C@H](c2ccc(Cl)c(Cc3ccc(C4CCC5(CCCC5)C4)cc3)c2)C[C@@H](O)[C@@H]1O. The Morgan fingerprint density at radius 1 is 0.970 bits per heavy atom. The lowest BCUT2D eigenvalue weighted by Gasteiger charge is -2.36. The lowest BCUT2D eigenvalue weighted by Crippen LogP contribution is -2.47. The molecule has 2 aromatic rings. The van der Waals surface area contributed by atoms with E-state index in [0.717, 1.165) is 17.5 Å². The fraction of sp³-hybridized carbons (Fsp3) is 0.571. The molecule has 0 radical (unpaired) electrons. The van der Waals surface area contributed by atoms with E-state index in [4.69, 9.17) is 16.3 Å². The highest BCUT2D eigenvalue weighted by atomic mass is 35.5. The van der Waals surface area contributed by atoms with Gasteiger partial charge in [0.25, 0.3) is 0 Å². The molecule has 1 spiro atoms. The Hall–Kier alpha value is -1.43. The van der Waals surface area contributed by atoms with Crippen molar-refractivity contribution in [2.24, 2.45) is 5.41 Å². The molecule has 5 heteroatoms. The minimum Gasteiger partial charge on any atom is -0.394 e. The minimum absolute atomic E-state index is 0.288. The molecule has 1 aliphatic heterocycles. The van der Waals surface area contributed by atoms with Crippen LogP contribution in [0.2, 0.25) is 5.02 Å². The van der Waals surface area contributed by atoms with Crippen molar-refractivity contribution >= 4 is 11.6 Å². The van der Waals surface area contributed by atoms with Crippen LogP contribution in [0.25, 0.3) is 0 Å². The minimum atomic E-state index is -1.07. The van der Waals surface area contributed by atoms with Gasteiger partial charge in [-0.3, -0.25) is 0 Å². The van der Waals surface area contributed by atoms with Gasteiger partial charge in [-0.2, -0.15) is 0 Å². The molecule has 0 aromatic heterocycles. The van der Waals surface area contributed by atoms with Crippen LogP contribution >= 0.6 is 11.6 Å². The Labute approximate surface area is 201 Å². The van der Waals surface area contributed by atoms with E-state index in [1.807, 2.05) is 18.2 Å². The molecule has 178 valence electrons. The summed E-state index contributed by atoms with van der Waals surface area (Å²) in [4.78, 5) is 0. The van der Waals surface area contributed by atoms with E-state index < -0.39 is 18.3 Å². The second kappa shape index (κ2) is 9.67. The molecular weight excluding hydrogens is 436 g/mol. The van der Waals surface area contributed by atoms with Crippen molar-refractivity contribution in [2.75, 3.05) is 6.61 Å². The molecule has 33 heavy (non-hydrogen) atoms. The number of hydrogen-bond acceptors (Lipinski definition) is 4. The molecule has 1 unspecified atom stereocenters.